The van der Waals surface area contributed by atoms with Crippen LogP contribution in [0.25, 0.3) is 0 Å². The minimum absolute atomic E-state index is 0.106. The molecular weight excluding hydrogens is 293 g/mol. The van der Waals surface area contributed by atoms with E-state index in [4.69, 9.17) is 5.11 Å². The van der Waals surface area contributed by atoms with Crippen molar-refractivity contribution in [1.29, 1.82) is 0 Å². The summed E-state index contributed by atoms with van der Waals surface area (Å²) in [4.78, 5) is 23.4. The third-order valence-corrected chi connectivity index (χ3v) is 4.08. The highest BCUT2D eigenvalue weighted by molar-refractivity contribution is 7.99. The van der Waals surface area contributed by atoms with Crippen molar-refractivity contribution >= 4 is 23.6 Å². The molecule has 21 heavy (non-hydrogen) atoms. The minimum Gasteiger partial charge on any atom is -0.481 e. The van der Waals surface area contributed by atoms with Gasteiger partial charge in [0.15, 0.2) is 0 Å². The summed E-state index contributed by atoms with van der Waals surface area (Å²) < 4.78 is 12.7. The lowest BCUT2D eigenvalue weighted by Crippen LogP contribution is -2.32. The van der Waals surface area contributed by atoms with Crippen LogP contribution in [-0.2, 0) is 9.59 Å². The molecule has 4 nitrogen and oxygen atoms in total. The summed E-state index contributed by atoms with van der Waals surface area (Å²) in [6.45, 7) is 3.61. The van der Waals surface area contributed by atoms with Gasteiger partial charge < -0.3 is 10.4 Å². The number of carbonyl (C=O) groups is 2. The zero-order chi connectivity index (χ0) is 15.9. The Morgan fingerprint density at radius 1 is 1.29 bits per heavy atom. The summed E-state index contributed by atoms with van der Waals surface area (Å²) >= 11 is 1.48. The topological polar surface area (TPSA) is 66.4 Å². The fraction of sp³-hybridized carbons (Fsp3) is 0.467. The highest BCUT2D eigenvalue weighted by Gasteiger charge is 2.26. The molecule has 0 heterocycles. The molecule has 0 saturated carbocycles. The monoisotopic (exact) mass is 313 g/mol. The lowest BCUT2D eigenvalue weighted by molar-refractivity contribution is -0.147. The number of rotatable bonds is 8. The first-order chi connectivity index (χ1) is 9.81. The number of benzene rings is 1. The maximum absolute atomic E-state index is 12.7. The molecule has 0 saturated heterocycles. The second-order valence-electron chi connectivity index (χ2n) is 5.34. The normalized spacial score (nSPS) is 11.2. The largest absolute Gasteiger partial charge is 0.481 e. The predicted molar refractivity (Wildman–Crippen MR) is 80.8 cm³/mol. The van der Waals surface area contributed by atoms with E-state index in [1.54, 1.807) is 26.0 Å². The summed E-state index contributed by atoms with van der Waals surface area (Å²) in [7, 11) is 0. The van der Waals surface area contributed by atoms with E-state index in [2.05, 4.69) is 5.32 Å². The second-order valence-corrected chi connectivity index (χ2v) is 6.51. The lowest BCUT2D eigenvalue weighted by Gasteiger charge is -2.18. The van der Waals surface area contributed by atoms with Crippen molar-refractivity contribution in [2.75, 3.05) is 12.3 Å². The standard InChI is InChI=1S/C15H20FNO3S/c1-15(2,14(19)20)8-9-17-13(18)7-10-21-12-5-3-11(16)4-6-12/h3-6H,7-10H2,1-2H3,(H,17,18)(H,19,20). The van der Waals surface area contributed by atoms with E-state index in [1.165, 1.54) is 23.9 Å². The van der Waals surface area contributed by atoms with E-state index >= 15 is 0 Å². The molecule has 1 amide bonds. The van der Waals surface area contributed by atoms with Gasteiger partial charge in [0.1, 0.15) is 5.82 Å². The number of amides is 1. The molecule has 0 aromatic heterocycles. The van der Waals surface area contributed by atoms with E-state index in [1.807, 2.05) is 0 Å². The number of thioether (sulfide) groups is 1. The van der Waals surface area contributed by atoms with Gasteiger partial charge in [-0.25, -0.2) is 4.39 Å². The van der Waals surface area contributed by atoms with E-state index in [0.29, 0.717) is 25.1 Å². The van der Waals surface area contributed by atoms with Gasteiger partial charge in [0.2, 0.25) is 5.91 Å². The van der Waals surface area contributed by atoms with Crippen LogP contribution >= 0.6 is 11.8 Å². The van der Waals surface area contributed by atoms with E-state index in [9.17, 15) is 14.0 Å². The van der Waals surface area contributed by atoms with Crippen LogP contribution in [0.4, 0.5) is 4.39 Å². The van der Waals surface area contributed by atoms with E-state index in [0.717, 1.165) is 4.90 Å². The smallest absolute Gasteiger partial charge is 0.309 e. The van der Waals surface area contributed by atoms with Gasteiger partial charge in [-0.2, -0.15) is 0 Å². The maximum atomic E-state index is 12.7. The molecule has 0 aliphatic heterocycles. The summed E-state index contributed by atoms with van der Waals surface area (Å²) in [5.74, 6) is -0.660. The van der Waals surface area contributed by atoms with Crippen molar-refractivity contribution in [2.45, 2.75) is 31.6 Å². The number of hydrogen-bond donors (Lipinski definition) is 2. The molecule has 116 valence electrons. The molecule has 1 aromatic rings. The molecule has 0 spiro atoms. The van der Waals surface area contributed by atoms with Crippen LogP contribution in [0.2, 0.25) is 0 Å². The van der Waals surface area contributed by atoms with Gasteiger partial charge in [-0.1, -0.05) is 0 Å². The fourth-order valence-electron chi connectivity index (χ4n) is 1.50. The van der Waals surface area contributed by atoms with Crippen molar-refractivity contribution in [1.82, 2.24) is 5.32 Å². The van der Waals surface area contributed by atoms with Crippen molar-refractivity contribution in [3.63, 3.8) is 0 Å². The summed E-state index contributed by atoms with van der Waals surface area (Å²) in [6, 6.07) is 6.12. The lowest BCUT2D eigenvalue weighted by atomic mass is 9.90. The second kappa shape index (κ2) is 8.02. The SMILES string of the molecule is CC(C)(CCNC(=O)CCSc1ccc(F)cc1)C(=O)O. The quantitative estimate of drug-likeness (QED) is 0.724. The predicted octanol–water partition coefficient (Wildman–Crippen LogP) is 2.93. The summed E-state index contributed by atoms with van der Waals surface area (Å²) in [6.07, 6.45) is 0.731. The minimum atomic E-state index is -0.872. The van der Waals surface area contributed by atoms with Crippen molar-refractivity contribution in [3.05, 3.63) is 30.1 Å². The van der Waals surface area contributed by atoms with Crippen LogP contribution < -0.4 is 5.32 Å². The highest BCUT2D eigenvalue weighted by atomic mass is 32.2. The number of aliphatic carboxylic acids is 1. The highest BCUT2D eigenvalue weighted by Crippen LogP contribution is 2.20. The van der Waals surface area contributed by atoms with Gasteiger partial charge in [-0.05, 0) is 44.5 Å². The Morgan fingerprint density at radius 3 is 2.48 bits per heavy atom. The number of halogens is 1. The zero-order valence-corrected chi connectivity index (χ0v) is 13.0. The van der Waals surface area contributed by atoms with Gasteiger partial charge in [-0.3, -0.25) is 9.59 Å². The molecule has 0 atom stereocenters. The Hall–Kier alpha value is -1.56. The number of carboxylic acid groups (broad SMARTS) is 1. The molecule has 1 aromatic carbocycles. The molecule has 0 bridgehead atoms. The molecule has 0 unspecified atom stereocenters. The van der Waals surface area contributed by atoms with Crippen LogP contribution in [0.3, 0.4) is 0 Å². The van der Waals surface area contributed by atoms with Crippen LogP contribution in [0.15, 0.2) is 29.2 Å². The molecular formula is C15H20FNO3S. The first kappa shape index (κ1) is 17.5. The molecule has 2 N–H and O–H groups in total. The average Bonchev–Trinajstić information content (AvgIpc) is 2.40. The van der Waals surface area contributed by atoms with Crippen molar-refractivity contribution in [2.24, 2.45) is 5.41 Å². The Kier molecular flexibility index (Phi) is 6.68. The average molecular weight is 313 g/mol. The molecule has 6 heteroatoms. The number of carbonyl (C=O) groups excluding carboxylic acids is 1. The van der Waals surface area contributed by atoms with Gasteiger partial charge in [0.05, 0.1) is 5.41 Å². The molecule has 0 aliphatic rings. The van der Waals surface area contributed by atoms with Gasteiger partial charge in [0.25, 0.3) is 0 Å². The number of nitrogens with one attached hydrogen (secondary N) is 1. The van der Waals surface area contributed by atoms with Crippen LogP contribution in [-0.4, -0.2) is 29.3 Å². The van der Waals surface area contributed by atoms with E-state index < -0.39 is 11.4 Å². The number of hydrogen-bond acceptors (Lipinski definition) is 3. The molecule has 0 radical (unpaired) electrons. The first-order valence-corrected chi connectivity index (χ1v) is 7.68. The van der Waals surface area contributed by atoms with Gasteiger partial charge in [-0.15, -0.1) is 11.8 Å². The molecule has 0 fully saturated rings. The third kappa shape index (κ3) is 6.62. The van der Waals surface area contributed by atoms with Gasteiger partial charge in [0, 0.05) is 23.6 Å². The maximum Gasteiger partial charge on any atom is 0.309 e. The van der Waals surface area contributed by atoms with Crippen molar-refractivity contribution < 1.29 is 19.1 Å². The zero-order valence-electron chi connectivity index (χ0n) is 12.2. The van der Waals surface area contributed by atoms with E-state index in [-0.39, 0.29) is 11.7 Å². The number of carboxylic acids is 1. The van der Waals surface area contributed by atoms with Gasteiger partial charge >= 0.3 is 5.97 Å². The fourth-order valence-corrected chi connectivity index (χ4v) is 2.35. The Balaban J connectivity index is 2.20. The Labute approximate surface area is 128 Å². The molecule has 1 rings (SSSR count). The first-order valence-electron chi connectivity index (χ1n) is 6.70. The van der Waals surface area contributed by atoms with Crippen LogP contribution in [0.5, 0.6) is 0 Å². The van der Waals surface area contributed by atoms with Crippen LogP contribution in [0, 0.1) is 11.2 Å². The molecule has 0 aliphatic carbocycles. The Bertz CT molecular complexity index is 488. The Morgan fingerprint density at radius 2 is 1.90 bits per heavy atom. The van der Waals surface area contributed by atoms with Crippen molar-refractivity contribution in [3.8, 4) is 0 Å². The summed E-state index contributed by atoms with van der Waals surface area (Å²) in [5, 5.41) is 11.7. The third-order valence-electron chi connectivity index (χ3n) is 3.06. The van der Waals surface area contributed by atoms with Crippen LogP contribution in [0.1, 0.15) is 26.7 Å². The summed E-state index contributed by atoms with van der Waals surface area (Å²) in [5.41, 5.74) is -0.837.